The van der Waals surface area contributed by atoms with E-state index in [1.54, 1.807) is 0 Å². The molecule has 0 saturated heterocycles. The van der Waals surface area contributed by atoms with Crippen LogP contribution in [0.1, 0.15) is 34.7 Å². The summed E-state index contributed by atoms with van der Waals surface area (Å²) in [6.07, 6.45) is 2.87. The highest BCUT2D eigenvalue weighted by Crippen LogP contribution is 2.24. The standard InChI is InChI=1S/C21H23N3/c1-5-17-6-8-18(9-7-17)13-22-24-20-12-15(3)19-11-14(2)10-16(4)21(19)23-20/h6-13H,5H2,1-4H3,(H,23,24). The van der Waals surface area contributed by atoms with Crippen LogP contribution in [0.3, 0.4) is 0 Å². The predicted octanol–water partition coefficient (Wildman–Crippen LogP) is 5.17. The third kappa shape index (κ3) is 3.46. The summed E-state index contributed by atoms with van der Waals surface area (Å²) < 4.78 is 0. The minimum absolute atomic E-state index is 0.772. The summed E-state index contributed by atoms with van der Waals surface area (Å²) in [6.45, 7) is 8.49. The molecule has 3 heteroatoms. The van der Waals surface area contributed by atoms with Gasteiger partial charge in [-0.2, -0.15) is 5.10 Å². The lowest BCUT2D eigenvalue weighted by molar-refractivity contribution is 1.14. The summed E-state index contributed by atoms with van der Waals surface area (Å²) in [7, 11) is 0. The zero-order valence-electron chi connectivity index (χ0n) is 14.7. The van der Waals surface area contributed by atoms with Crippen molar-refractivity contribution in [2.45, 2.75) is 34.1 Å². The maximum Gasteiger partial charge on any atom is 0.147 e. The van der Waals surface area contributed by atoms with Crippen LogP contribution in [0.25, 0.3) is 10.9 Å². The number of benzene rings is 2. The van der Waals surface area contributed by atoms with Crippen molar-refractivity contribution >= 4 is 22.9 Å². The monoisotopic (exact) mass is 317 g/mol. The summed E-state index contributed by atoms with van der Waals surface area (Å²) in [4.78, 5) is 4.71. The first kappa shape index (κ1) is 16.2. The van der Waals surface area contributed by atoms with Crippen LogP contribution >= 0.6 is 0 Å². The molecule has 122 valence electrons. The van der Waals surface area contributed by atoms with Crippen molar-refractivity contribution < 1.29 is 0 Å². The Labute approximate surface area is 143 Å². The zero-order chi connectivity index (χ0) is 17.1. The summed E-state index contributed by atoms with van der Waals surface area (Å²) in [6, 6.07) is 14.8. The Balaban J connectivity index is 1.83. The number of nitrogens with one attached hydrogen (secondary N) is 1. The van der Waals surface area contributed by atoms with Gasteiger partial charge in [0.2, 0.25) is 0 Å². The predicted molar refractivity (Wildman–Crippen MR) is 103 cm³/mol. The van der Waals surface area contributed by atoms with E-state index < -0.39 is 0 Å². The molecule has 0 aliphatic carbocycles. The molecule has 0 unspecified atom stereocenters. The van der Waals surface area contributed by atoms with Crippen molar-refractivity contribution in [3.8, 4) is 0 Å². The van der Waals surface area contributed by atoms with Crippen molar-refractivity contribution in [2.24, 2.45) is 5.10 Å². The van der Waals surface area contributed by atoms with Crippen LogP contribution in [-0.4, -0.2) is 11.2 Å². The molecule has 3 nitrogen and oxygen atoms in total. The lowest BCUT2D eigenvalue weighted by Crippen LogP contribution is -1.97. The summed E-state index contributed by atoms with van der Waals surface area (Å²) in [5, 5.41) is 5.53. The number of pyridine rings is 1. The van der Waals surface area contributed by atoms with Gasteiger partial charge >= 0.3 is 0 Å². The van der Waals surface area contributed by atoms with E-state index in [0.717, 1.165) is 23.3 Å². The van der Waals surface area contributed by atoms with Gasteiger partial charge in [0.25, 0.3) is 0 Å². The zero-order valence-corrected chi connectivity index (χ0v) is 14.7. The van der Waals surface area contributed by atoms with E-state index in [1.807, 2.05) is 12.3 Å². The normalized spacial score (nSPS) is 11.3. The number of anilines is 1. The van der Waals surface area contributed by atoms with Crippen LogP contribution in [0.15, 0.2) is 47.6 Å². The van der Waals surface area contributed by atoms with Gasteiger partial charge in [0.05, 0.1) is 11.7 Å². The fourth-order valence-corrected chi connectivity index (χ4v) is 2.91. The fraction of sp³-hybridized carbons (Fsp3) is 0.238. The topological polar surface area (TPSA) is 37.3 Å². The van der Waals surface area contributed by atoms with E-state index in [1.165, 1.54) is 27.6 Å². The number of rotatable bonds is 4. The van der Waals surface area contributed by atoms with Crippen molar-refractivity contribution in [3.05, 3.63) is 70.3 Å². The Morgan fingerprint density at radius 2 is 1.75 bits per heavy atom. The van der Waals surface area contributed by atoms with E-state index in [0.29, 0.717) is 0 Å². The van der Waals surface area contributed by atoms with Gasteiger partial charge in [-0.05, 0) is 61.6 Å². The second-order valence-electron chi connectivity index (χ2n) is 6.27. The van der Waals surface area contributed by atoms with Gasteiger partial charge in [-0.25, -0.2) is 4.98 Å². The maximum absolute atomic E-state index is 4.71. The number of hydrazone groups is 1. The average Bonchev–Trinajstić information content (AvgIpc) is 2.57. The van der Waals surface area contributed by atoms with E-state index >= 15 is 0 Å². The largest absolute Gasteiger partial charge is 0.261 e. The molecule has 0 fully saturated rings. The third-order valence-electron chi connectivity index (χ3n) is 4.24. The van der Waals surface area contributed by atoms with Gasteiger partial charge in [0, 0.05) is 5.39 Å². The molecular formula is C21H23N3. The van der Waals surface area contributed by atoms with E-state index in [2.05, 4.69) is 74.6 Å². The molecular weight excluding hydrogens is 294 g/mol. The third-order valence-corrected chi connectivity index (χ3v) is 4.24. The van der Waals surface area contributed by atoms with Crippen molar-refractivity contribution in [2.75, 3.05) is 5.43 Å². The minimum atomic E-state index is 0.772. The first-order chi connectivity index (χ1) is 11.6. The fourth-order valence-electron chi connectivity index (χ4n) is 2.91. The van der Waals surface area contributed by atoms with Crippen LogP contribution in [0.5, 0.6) is 0 Å². The van der Waals surface area contributed by atoms with E-state index in [4.69, 9.17) is 4.98 Å². The number of hydrogen-bond acceptors (Lipinski definition) is 3. The number of aromatic nitrogens is 1. The van der Waals surface area contributed by atoms with Crippen LogP contribution in [0.2, 0.25) is 0 Å². The lowest BCUT2D eigenvalue weighted by Gasteiger charge is -2.09. The number of hydrogen-bond donors (Lipinski definition) is 1. The minimum Gasteiger partial charge on any atom is -0.261 e. The van der Waals surface area contributed by atoms with Gasteiger partial charge in [0.1, 0.15) is 5.82 Å². The molecule has 3 rings (SSSR count). The molecule has 0 saturated carbocycles. The van der Waals surface area contributed by atoms with E-state index in [9.17, 15) is 0 Å². The maximum atomic E-state index is 4.71. The molecule has 1 N–H and O–H groups in total. The molecule has 0 atom stereocenters. The second-order valence-corrected chi connectivity index (χ2v) is 6.27. The average molecular weight is 317 g/mol. The van der Waals surface area contributed by atoms with Crippen molar-refractivity contribution in [1.29, 1.82) is 0 Å². The Morgan fingerprint density at radius 1 is 1.00 bits per heavy atom. The second kappa shape index (κ2) is 6.83. The Bertz CT molecular complexity index is 893. The number of nitrogens with zero attached hydrogens (tertiary/aromatic N) is 2. The molecule has 2 aromatic carbocycles. The van der Waals surface area contributed by atoms with Gasteiger partial charge in [0.15, 0.2) is 0 Å². The Kier molecular flexibility index (Phi) is 4.61. The molecule has 24 heavy (non-hydrogen) atoms. The van der Waals surface area contributed by atoms with Gasteiger partial charge in [-0.1, -0.05) is 42.8 Å². The van der Waals surface area contributed by atoms with Crippen molar-refractivity contribution in [3.63, 3.8) is 0 Å². The SMILES string of the molecule is CCc1ccc(C=NNc2cc(C)c3cc(C)cc(C)c3n2)cc1. The smallest absolute Gasteiger partial charge is 0.147 e. The first-order valence-corrected chi connectivity index (χ1v) is 8.33. The molecule has 0 spiro atoms. The quantitative estimate of drug-likeness (QED) is 0.532. The van der Waals surface area contributed by atoms with Gasteiger partial charge in [-0.3, -0.25) is 5.43 Å². The highest BCUT2D eigenvalue weighted by atomic mass is 15.3. The molecule has 0 aliphatic heterocycles. The Hall–Kier alpha value is -2.68. The highest BCUT2D eigenvalue weighted by molar-refractivity contribution is 5.87. The molecule has 0 amide bonds. The summed E-state index contributed by atoms with van der Waals surface area (Å²) in [5.41, 5.74) is 10.2. The molecule has 3 aromatic rings. The Morgan fingerprint density at radius 3 is 2.46 bits per heavy atom. The van der Waals surface area contributed by atoms with Crippen LogP contribution in [0, 0.1) is 20.8 Å². The van der Waals surface area contributed by atoms with Crippen molar-refractivity contribution in [1.82, 2.24) is 4.98 Å². The van der Waals surface area contributed by atoms with Gasteiger partial charge < -0.3 is 0 Å². The van der Waals surface area contributed by atoms with Crippen LogP contribution in [-0.2, 0) is 6.42 Å². The molecule has 0 bridgehead atoms. The molecule has 0 radical (unpaired) electrons. The highest BCUT2D eigenvalue weighted by Gasteiger charge is 2.05. The van der Waals surface area contributed by atoms with Crippen LogP contribution in [0.4, 0.5) is 5.82 Å². The first-order valence-electron chi connectivity index (χ1n) is 8.33. The molecule has 1 aromatic heterocycles. The lowest BCUT2D eigenvalue weighted by atomic mass is 10.0. The van der Waals surface area contributed by atoms with Crippen LogP contribution < -0.4 is 5.43 Å². The van der Waals surface area contributed by atoms with E-state index in [-0.39, 0.29) is 0 Å². The summed E-state index contributed by atoms with van der Waals surface area (Å²) in [5.74, 6) is 0.772. The number of aryl methyl sites for hydroxylation is 4. The molecule has 1 heterocycles. The number of fused-ring (bicyclic) bond motifs is 1. The molecule has 0 aliphatic rings. The van der Waals surface area contributed by atoms with Gasteiger partial charge in [-0.15, -0.1) is 0 Å². The summed E-state index contributed by atoms with van der Waals surface area (Å²) >= 11 is 0.